The number of rotatable bonds is 3. The minimum Gasteiger partial charge on any atom is -0.389 e. The SMILES string of the molecule is NC(=S)c1cccnc1Nc1cc(F)cc(F)c1. The van der Waals surface area contributed by atoms with Crippen molar-refractivity contribution in [2.45, 2.75) is 0 Å². The van der Waals surface area contributed by atoms with Crippen LogP contribution in [-0.2, 0) is 0 Å². The molecule has 0 saturated heterocycles. The van der Waals surface area contributed by atoms with Gasteiger partial charge in [-0.3, -0.25) is 0 Å². The largest absolute Gasteiger partial charge is 0.389 e. The molecule has 3 nitrogen and oxygen atoms in total. The summed E-state index contributed by atoms with van der Waals surface area (Å²) in [6.45, 7) is 0. The van der Waals surface area contributed by atoms with Crippen LogP contribution in [0.2, 0.25) is 0 Å². The van der Waals surface area contributed by atoms with Crippen LogP contribution in [0.3, 0.4) is 0 Å². The van der Waals surface area contributed by atoms with Gasteiger partial charge in [0.15, 0.2) is 0 Å². The average Bonchev–Trinajstić information content (AvgIpc) is 2.27. The summed E-state index contributed by atoms with van der Waals surface area (Å²) in [5, 5.41) is 2.78. The number of nitrogens with one attached hydrogen (secondary N) is 1. The van der Waals surface area contributed by atoms with E-state index in [0.29, 0.717) is 11.4 Å². The second-order valence-electron chi connectivity index (χ2n) is 3.55. The first-order valence-corrected chi connectivity index (χ1v) is 5.45. The Bertz CT molecular complexity index is 581. The van der Waals surface area contributed by atoms with E-state index in [0.717, 1.165) is 18.2 Å². The van der Waals surface area contributed by atoms with E-state index < -0.39 is 11.6 Å². The number of benzene rings is 1. The van der Waals surface area contributed by atoms with Crippen molar-refractivity contribution in [2.24, 2.45) is 5.73 Å². The third-order valence-electron chi connectivity index (χ3n) is 2.20. The van der Waals surface area contributed by atoms with E-state index in [9.17, 15) is 8.78 Å². The van der Waals surface area contributed by atoms with E-state index in [2.05, 4.69) is 10.3 Å². The third kappa shape index (κ3) is 2.78. The molecule has 0 aliphatic heterocycles. The van der Waals surface area contributed by atoms with E-state index in [1.54, 1.807) is 12.1 Å². The molecule has 2 aromatic rings. The van der Waals surface area contributed by atoms with Crippen molar-refractivity contribution in [3.63, 3.8) is 0 Å². The van der Waals surface area contributed by atoms with Gasteiger partial charge in [-0.2, -0.15) is 0 Å². The molecule has 1 aromatic carbocycles. The predicted octanol–water partition coefficient (Wildman–Crippen LogP) is 2.74. The van der Waals surface area contributed by atoms with E-state index in [-0.39, 0.29) is 10.7 Å². The van der Waals surface area contributed by atoms with Crippen LogP contribution >= 0.6 is 12.2 Å². The van der Waals surface area contributed by atoms with Gasteiger partial charge in [0.2, 0.25) is 0 Å². The second kappa shape index (κ2) is 5.05. The van der Waals surface area contributed by atoms with Gasteiger partial charge in [0, 0.05) is 18.0 Å². The summed E-state index contributed by atoms with van der Waals surface area (Å²) in [4.78, 5) is 4.19. The molecule has 0 bridgehead atoms. The number of hydrogen-bond acceptors (Lipinski definition) is 3. The van der Waals surface area contributed by atoms with E-state index >= 15 is 0 Å². The van der Waals surface area contributed by atoms with Gasteiger partial charge in [-0.25, -0.2) is 13.8 Å². The summed E-state index contributed by atoms with van der Waals surface area (Å²) < 4.78 is 26.1. The second-order valence-corrected chi connectivity index (χ2v) is 3.99. The van der Waals surface area contributed by atoms with Crippen molar-refractivity contribution < 1.29 is 8.78 Å². The standard InChI is InChI=1S/C12H9F2N3S/c13-7-4-8(14)6-9(5-7)17-12-10(11(15)18)2-1-3-16-12/h1-6H,(H2,15,18)(H,16,17). The molecule has 0 aliphatic carbocycles. The third-order valence-corrected chi connectivity index (χ3v) is 2.42. The summed E-state index contributed by atoms with van der Waals surface area (Å²) in [7, 11) is 0. The smallest absolute Gasteiger partial charge is 0.140 e. The molecule has 0 saturated carbocycles. The molecule has 1 heterocycles. The number of pyridine rings is 1. The molecule has 2 rings (SSSR count). The van der Waals surface area contributed by atoms with E-state index in [4.69, 9.17) is 18.0 Å². The first kappa shape index (κ1) is 12.4. The summed E-state index contributed by atoms with van der Waals surface area (Å²) in [5.74, 6) is -0.995. The van der Waals surface area contributed by atoms with Crippen LogP contribution in [0.1, 0.15) is 5.56 Å². The Kier molecular flexibility index (Phi) is 3.47. The fourth-order valence-corrected chi connectivity index (χ4v) is 1.63. The van der Waals surface area contributed by atoms with Gasteiger partial charge in [0.1, 0.15) is 22.4 Å². The molecule has 0 aliphatic rings. The highest BCUT2D eigenvalue weighted by atomic mass is 32.1. The first-order chi connectivity index (χ1) is 8.56. The fraction of sp³-hybridized carbons (Fsp3) is 0. The summed E-state index contributed by atoms with van der Waals surface area (Å²) in [6.07, 6.45) is 1.53. The highest BCUT2D eigenvalue weighted by molar-refractivity contribution is 7.80. The normalized spacial score (nSPS) is 10.1. The average molecular weight is 265 g/mol. The molecule has 1 aromatic heterocycles. The van der Waals surface area contributed by atoms with Gasteiger partial charge in [-0.15, -0.1) is 0 Å². The van der Waals surface area contributed by atoms with Crippen molar-refractivity contribution in [3.8, 4) is 0 Å². The van der Waals surface area contributed by atoms with Crippen molar-refractivity contribution in [2.75, 3.05) is 5.32 Å². The topological polar surface area (TPSA) is 50.9 Å². The Morgan fingerprint density at radius 3 is 2.50 bits per heavy atom. The van der Waals surface area contributed by atoms with Crippen LogP contribution in [0.25, 0.3) is 0 Å². The van der Waals surface area contributed by atoms with Gasteiger partial charge in [-0.05, 0) is 24.3 Å². The number of hydrogen-bond donors (Lipinski definition) is 2. The molecule has 0 spiro atoms. The molecule has 0 unspecified atom stereocenters. The number of aromatic nitrogens is 1. The number of nitrogens with zero attached hydrogens (tertiary/aromatic N) is 1. The zero-order valence-corrected chi connectivity index (χ0v) is 9.97. The zero-order valence-electron chi connectivity index (χ0n) is 9.15. The zero-order chi connectivity index (χ0) is 13.1. The Morgan fingerprint density at radius 2 is 1.89 bits per heavy atom. The van der Waals surface area contributed by atoms with Gasteiger partial charge < -0.3 is 11.1 Å². The Balaban J connectivity index is 2.37. The molecule has 0 atom stereocenters. The van der Waals surface area contributed by atoms with Gasteiger partial charge in [0.05, 0.1) is 5.56 Å². The van der Waals surface area contributed by atoms with Crippen molar-refractivity contribution >= 4 is 28.7 Å². The van der Waals surface area contributed by atoms with Gasteiger partial charge >= 0.3 is 0 Å². The molecule has 6 heteroatoms. The number of anilines is 2. The maximum Gasteiger partial charge on any atom is 0.140 e. The van der Waals surface area contributed by atoms with Crippen molar-refractivity contribution in [1.29, 1.82) is 0 Å². The minimum absolute atomic E-state index is 0.155. The predicted molar refractivity (Wildman–Crippen MR) is 69.8 cm³/mol. The van der Waals surface area contributed by atoms with E-state index in [1.165, 1.54) is 6.20 Å². The lowest BCUT2D eigenvalue weighted by atomic mass is 10.2. The Morgan fingerprint density at radius 1 is 1.22 bits per heavy atom. The monoisotopic (exact) mass is 265 g/mol. The van der Waals surface area contributed by atoms with Crippen LogP contribution in [0.15, 0.2) is 36.5 Å². The molecule has 3 N–H and O–H groups in total. The summed E-state index contributed by atoms with van der Waals surface area (Å²) in [6, 6.07) is 6.44. The van der Waals surface area contributed by atoms with Crippen LogP contribution in [0.5, 0.6) is 0 Å². The Hall–Kier alpha value is -2.08. The number of thiocarbonyl (C=S) groups is 1. The van der Waals surface area contributed by atoms with E-state index in [1.807, 2.05) is 0 Å². The Labute approximate surface area is 108 Å². The van der Waals surface area contributed by atoms with Crippen LogP contribution < -0.4 is 11.1 Å². The van der Waals surface area contributed by atoms with Crippen molar-refractivity contribution in [1.82, 2.24) is 4.98 Å². The fourth-order valence-electron chi connectivity index (χ4n) is 1.47. The lowest BCUT2D eigenvalue weighted by Gasteiger charge is -2.09. The molecule has 0 amide bonds. The highest BCUT2D eigenvalue weighted by Crippen LogP contribution is 2.20. The quantitative estimate of drug-likeness (QED) is 0.838. The molecule has 18 heavy (non-hydrogen) atoms. The van der Waals surface area contributed by atoms with Gasteiger partial charge in [0.25, 0.3) is 0 Å². The maximum atomic E-state index is 13.0. The molecule has 0 radical (unpaired) electrons. The van der Waals surface area contributed by atoms with Crippen LogP contribution in [0.4, 0.5) is 20.3 Å². The molecule has 0 fully saturated rings. The van der Waals surface area contributed by atoms with Crippen LogP contribution in [-0.4, -0.2) is 9.97 Å². The van der Waals surface area contributed by atoms with Crippen LogP contribution in [0, 0.1) is 11.6 Å². The highest BCUT2D eigenvalue weighted by Gasteiger charge is 2.07. The van der Waals surface area contributed by atoms with Gasteiger partial charge in [-0.1, -0.05) is 12.2 Å². The molecular formula is C12H9F2N3S. The summed E-state index contributed by atoms with van der Waals surface area (Å²) >= 11 is 4.87. The summed E-state index contributed by atoms with van der Waals surface area (Å²) in [5.41, 5.74) is 6.28. The number of halogens is 2. The lowest BCUT2D eigenvalue weighted by Crippen LogP contribution is -2.12. The first-order valence-electron chi connectivity index (χ1n) is 5.04. The van der Waals surface area contributed by atoms with Crippen molar-refractivity contribution in [3.05, 3.63) is 53.7 Å². The lowest BCUT2D eigenvalue weighted by molar-refractivity contribution is 0.584. The number of nitrogens with two attached hydrogens (primary N) is 1. The minimum atomic E-state index is -0.676. The maximum absolute atomic E-state index is 13.0. The molecule has 92 valence electrons. The molecular weight excluding hydrogens is 256 g/mol.